The lowest BCUT2D eigenvalue weighted by Crippen LogP contribution is -2.02. The molecule has 1 aliphatic rings. The Morgan fingerprint density at radius 2 is 1.96 bits per heavy atom. The first-order valence-electron chi connectivity index (χ1n) is 7.54. The van der Waals surface area contributed by atoms with E-state index in [0.29, 0.717) is 11.0 Å². The maximum Gasteiger partial charge on any atom is 0.166 e. The van der Waals surface area contributed by atoms with Crippen LogP contribution in [0.5, 0.6) is 0 Å². The van der Waals surface area contributed by atoms with Crippen molar-refractivity contribution >= 4 is 33.9 Å². The maximum atomic E-state index is 5.83. The number of hydrogen-bond acceptors (Lipinski definition) is 4. The summed E-state index contributed by atoms with van der Waals surface area (Å²) in [7, 11) is 0. The molecule has 0 amide bonds. The molecule has 0 fully saturated rings. The van der Waals surface area contributed by atoms with E-state index in [4.69, 9.17) is 11.6 Å². The molecule has 114 valence electrons. The quantitative estimate of drug-likeness (QED) is 0.580. The normalized spacial score (nSPS) is 13.6. The van der Waals surface area contributed by atoms with Crippen molar-refractivity contribution in [2.45, 2.75) is 19.8 Å². The van der Waals surface area contributed by atoms with Gasteiger partial charge in [0, 0.05) is 5.56 Å². The summed E-state index contributed by atoms with van der Waals surface area (Å²) in [5, 5.41) is 7.43. The van der Waals surface area contributed by atoms with Crippen LogP contribution in [0.25, 0.3) is 10.8 Å². The molecule has 0 bridgehead atoms. The first-order chi connectivity index (χ1) is 11.2. The molecule has 4 rings (SSSR count). The molecule has 0 radical (unpaired) electrons. The Morgan fingerprint density at radius 3 is 2.78 bits per heavy atom. The summed E-state index contributed by atoms with van der Waals surface area (Å²) in [4.78, 5) is 8.11. The molecule has 0 spiro atoms. The second-order valence-corrected chi connectivity index (χ2v) is 6.04. The predicted molar refractivity (Wildman–Crippen MR) is 94.2 cm³/mol. The van der Waals surface area contributed by atoms with Crippen LogP contribution >= 0.6 is 11.6 Å². The van der Waals surface area contributed by atoms with Crippen molar-refractivity contribution < 1.29 is 0 Å². The number of nitrogens with one attached hydrogen (secondary N) is 1. The molecule has 23 heavy (non-hydrogen) atoms. The summed E-state index contributed by atoms with van der Waals surface area (Å²) in [5.41, 5.74) is 7.83. The molecule has 2 aromatic carbocycles. The number of benzene rings is 2. The molecule has 5 heteroatoms. The smallest absolute Gasteiger partial charge is 0.166 e. The minimum Gasteiger partial charge on any atom is -0.260 e. The standard InChI is InChI=1S/C18H15ClN4/c1-11(22-23-17-10-20-9-16(19)21-17)14-8-7-13-6-5-12-3-2-4-15(14)18(12)13/h2-4,7-10H,5-6H2,1H3,(H,21,23)/b22-11-. The van der Waals surface area contributed by atoms with E-state index < -0.39 is 0 Å². The third-order valence-electron chi connectivity index (χ3n) is 4.21. The van der Waals surface area contributed by atoms with Gasteiger partial charge in [-0.1, -0.05) is 41.9 Å². The fourth-order valence-corrected chi connectivity index (χ4v) is 3.31. The van der Waals surface area contributed by atoms with Crippen molar-refractivity contribution in [1.82, 2.24) is 9.97 Å². The second-order valence-electron chi connectivity index (χ2n) is 5.65. The van der Waals surface area contributed by atoms with Crippen molar-refractivity contribution in [1.29, 1.82) is 0 Å². The summed E-state index contributed by atoms with van der Waals surface area (Å²) in [6.07, 6.45) is 5.34. The fourth-order valence-electron chi connectivity index (χ4n) is 3.16. The first kappa shape index (κ1) is 14.2. The highest BCUT2D eigenvalue weighted by molar-refractivity contribution is 6.29. The number of rotatable bonds is 3. The predicted octanol–water partition coefficient (Wildman–Crippen LogP) is 4.22. The van der Waals surface area contributed by atoms with Gasteiger partial charge in [-0.05, 0) is 41.7 Å². The zero-order valence-corrected chi connectivity index (χ0v) is 13.4. The van der Waals surface area contributed by atoms with Gasteiger partial charge in [0.2, 0.25) is 0 Å². The van der Waals surface area contributed by atoms with Gasteiger partial charge in [0.25, 0.3) is 0 Å². The van der Waals surface area contributed by atoms with E-state index in [1.807, 2.05) is 6.92 Å². The van der Waals surface area contributed by atoms with Crippen LogP contribution in [0, 0.1) is 0 Å². The summed E-state index contributed by atoms with van der Waals surface area (Å²) < 4.78 is 0. The average Bonchev–Trinajstić information content (AvgIpc) is 2.98. The Bertz CT molecular complexity index is 923. The molecule has 0 saturated carbocycles. The number of aryl methyl sites for hydroxylation is 2. The van der Waals surface area contributed by atoms with Crippen LogP contribution < -0.4 is 5.43 Å². The van der Waals surface area contributed by atoms with E-state index in [-0.39, 0.29) is 0 Å². The Kier molecular flexibility index (Phi) is 3.46. The highest BCUT2D eigenvalue weighted by Gasteiger charge is 2.16. The van der Waals surface area contributed by atoms with Gasteiger partial charge in [-0.2, -0.15) is 5.10 Å². The lowest BCUT2D eigenvalue weighted by atomic mass is 9.98. The van der Waals surface area contributed by atoms with Gasteiger partial charge in [-0.25, -0.2) is 4.98 Å². The lowest BCUT2D eigenvalue weighted by Gasteiger charge is -2.09. The lowest BCUT2D eigenvalue weighted by molar-refractivity contribution is 1.02. The number of anilines is 1. The zero-order valence-electron chi connectivity index (χ0n) is 12.7. The number of nitrogens with zero attached hydrogens (tertiary/aromatic N) is 3. The van der Waals surface area contributed by atoms with Gasteiger partial charge in [0.15, 0.2) is 5.82 Å². The van der Waals surface area contributed by atoms with Gasteiger partial charge in [0.1, 0.15) is 5.15 Å². The summed E-state index contributed by atoms with van der Waals surface area (Å²) in [6, 6.07) is 10.9. The van der Waals surface area contributed by atoms with Gasteiger partial charge in [0.05, 0.1) is 18.1 Å². The molecule has 1 aliphatic carbocycles. The van der Waals surface area contributed by atoms with E-state index in [9.17, 15) is 0 Å². The topological polar surface area (TPSA) is 50.2 Å². The molecule has 1 aromatic heterocycles. The largest absolute Gasteiger partial charge is 0.260 e. The zero-order chi connectivity index (χ0) is 15.8. The van der Waals surface area contributed by atoms with Crippen molar-refractivity contribution in [2.24, 2.45) is 5.10 Å². The molecule has 0 unspecified atom stereocenters. The van der Waals surface area contributed by atoms with Crippen LogP contribution in [0.3, 0.4) is 0 Å². The molecule has 4 nitrogen and oxygen atoms in total. The molecular weight excluding hydrogens is 308 g/mol. The van der Waals surface area contributed by atoms with Crippen molar-refractivity contribution in [3.63, 3.8) is 0 Å². The first-order valence-corrected chi connectivity index (χ1v) is 7.92. The molecule has 0 saturated heterocycles. The Balaban J connectivity index is 1.73. The number of hydrazone groups is 1. The number of aromatic nitrogens is 2. The minimum absolute atomic E-state index is 0.341. The third-order valence-corrected chi connectivity index (χ3v) is 4.39. The monoisotopic (exact) mass is 322 g/mol. The van der Waals surface area contributed by atoms with E-state index in [1.165, 1.54) is 28.1 Å². The highest BCUT2D eigenvalue weighted by Crippen LogP contribution is 2.33. The molecular formula is C18H15ClN4. The van der Waals surface area contributed by atoms with Gasteiger partial charge < -0.3 is 0 Å². The van der Waals surface area contributed by atoms with Gasteiger partial charge in [-0.3, -0.25) is 10.4 Å². The van der Waals surface area contributed by atoms with E-state index in [1.54, 1.807) is 6.20 Å². The molecule has 3 aromatic rings. The third kappa shape index (κ3) is 2.55. The van der Waals surface area contributed by atoms with Gasteiger partial charge >= 0.3 is 0 Å². The average molecular weight is 323 g/mol. The Morgan fingerprint density at radius 1 is 1.13 bits per heavy atom. The summed E-state index contributed by atoms with van der Waals surface area (Å²) >= 11 is 5.83. The van der Waals surface area contributed by atoms with E-state index in [2.05, 4.69) is 50.8 Å². The Hall–Kier alpha value is -2.46. The molecule has 1 N–H and O–H groups in total. The van der Waals surface area contributed by atoms with Crippen molar-refractivity contribution in [2.75, 3.05) is 5.43 Å². The van der Waals surface area contributed by atoms with Crippen molar-refractivity contribution in [3.8, 4) is 0 Å². The molecule has 0 atom stereocenters. The highest BCUT2D eigenvalue weighted by atomic mass is 35.5. The van der Waals surface area contributed by atoms with Crippen LogP contribution in [-0.2, 0) is 12.8 Å². The molecule has 1 heterocycles. The van der Waals surface area contributed by atoms with Gasteiger partial charge in [-0.15, -0.1) is 0 Å². The van der Waals surface area contributed by atoms with Crippen LogP contribution in [0.1, 0.15) is 23.6 Å². The van der Waals surface area contributed by atoms with Crippen molar-refractivity contribution in [3.05, 3.63) is 64.6 Å². The number of hydrogen-bond donors (Lipinski definition) is 1. The minimum atomic E-state index is 0.341. The SMILES string of the molecule is C/C(=N/Nc1cncc(Cl)n1)c1ccc2c3c(cccc13)CC2. The van der Waals surface area contributed by atoms with E-state index >= 15 is 0 Å². The van der Waals surface area contributed by atoms with Crippen LogP contribution in [-0.4, -0.2) is 15.7 Å². The van der Waals surface area contributed by atoms with Crippen LogP contribution in [0.4, 0.5) is 5.82 Å². The van der Waals surface area contributed by atoms with E-state index in [0.717, 1.165) is 24.1 Å². The second kappa shape index (κ2) is 5.63. The van der Waals surface area contributed by atoms with Crippen LogP contribution in [0.2, 0.25) is 5.15 Å². The fraction of sp³-hybridized carbons (Fsp3) is 0.167. The Labute approximate surface area is 139 Å². The number of halogens is 1. The summed E-state index contributed by atoms with van der Waals surface area (Å²) in [5.74, 6) is 0.530. The molecule has 0 aliphatic heterocycles. The summed E-state index contributed by atoms with van der Waals surface area (Å²) in [6.45, 7) is 1.99. The van der Waals surface area contributed by atoms with Crippen LogP contribution in [0.15, 0.2) is 47.8 Å². The maximum absolute atomic E-state index is 5.83.